The average Bonchev–Trinajstić information content (AvgIpc) is 0.670. The van der Waals surface area contributed by atoms with E-state index in [-0.39, 0.29) is 152 Å². The van der Waals surface area contributed by atoms with Crippen molar-refractivity contribution < 1.29 is 62.0 Å². The fourth-order valence-electron chi connectivity index (χ4n) is 14.5. The molecule has 4 heterocycles. The zero-order valence-corrected chi connectivity index (χ0v) is 65.9. The van der Waals surface area contributed by atoms with Crippen LogP contribution >= 0.6 is 0 Å². The lowest BCUT2D eigenvalue weighted by molar-refractivity contribution is -0.129. The Morgan fingerprint density at radius 3 is 0.973 bits per heavy atom. The van der Waals surface area contributed by atoms with E-state index < -0.39 is 59.4 Å². The van der Waals surface area contributed by atoms with Crippen molar-refractivity contribution in [1.29, 1.82) is 0 Å². The van der Waals surface area contributed by atoms with Crippen LogP contribution in [0.25, 0.3) is 43.1 Å². The van der Waals surface area contributed by atoms with Crippen LogP contribution in [0.15, 0.2) is 183 Å². The maximum atomic E-state index is 16.6. The molecule has 3 N–H and O–H groups in total. The summed E-state index contributed by atoms with van der Waals surface area (Å²) in [6.45, 7) is 39.6. The van der Waals surface area contributed by atoms with Gasteiger partial charge in [0.1, 0.15) is 75.5 Å². The maximum absolute atomic E-state index is 16.6. The topological polar surface area (TPSA) is 251 Å². The Bertz CT molecular complexity index is 5080. The number of carbonyl (C=O) groups is 8. The molecular formula is C92H91N7O13. The van der Waals surface area contributed by atoms with E-state index in [0.717, 1.165) is 44.2 Å². The minimum absolute atomic E-state index is 0.0191. The van der Waals surface area contributed by atoms with Gasteiger partial charge in [0, 0.05) is 79.4 Å². The summed E-state index contributed by atoms with van der Waals surface area (Å²) in [7, 11) is 0. The number of aromatic nitrogens is 2. The third kappa shape index (κ3) is 15.3. The molecule has 2 aliphatic rings. The van der Waals surface area contributed by atoms with E-state index in [1.165, 1.54) is 36.7 Å². The van der Waals surface area contributed by atoms with Gasteiger partial charge < -0.3 is 39.6 Å². The maximum Gasteiger partial charge on any atom is 0.335 e. The van der Waals surface area contributed by atoms with Crippen LogP contribution in [0, 0.1) is 11.8 Å². The van der Waals surface area contributed by atoms with E-state index >= 15 is 28.8 Å². The van der Waals surface area contributed by atoms with Crippen LogP contribution in [-0.4, -0.2) is 79.2 Å². The number of nitrogens with one attached hydrogen (secondary N) is 3. The lowest BCUT2D eigenvalue weighted by Gasteiger charge is -2.36. The van der Waals surface area contributed by atoms with Gasteiger partial charge in [0.25, 0.3) is 23.6 Å². The van der Waals surface area contributed by atoms with Gasteiger partial charge in [0.05, 0.1) is 22.3 Å². The molecule has 20 heteroatoms. The van der Waals surface area contributed by atoms with Gasteiger partial charge in [-0.15, -0.1) is 0 Å². The minimum atomic E-state index is -1.51. The number of ether oxygens (including phenoxy) is 5. The number of rotatable bonds is 22. The highest BCUT2D eigenvalue weighted by Gasteiger charge is 2.47. The number of benzene rings is 9. The summed E-state index contributed by atoms with van der Waals surface area (Å²) in [5.41, 5.74) is 2.84. The van der Waals surface area contributed by atoms with Crippen molar-refractivity contribution in [2.45, 2.75) is 157 Å². The molecule has 572 valence electrons. The Morgan fingerprint density at radius 1 is 0.384 bits per heavy atom. The first-order valence-electron chi connectivity index (χ1n) is 37.5. The largest absolute Gasteiger partial charge is 0.457 e. The number of amides is 7. The molecule has 13 rings (SSSR count). The molecule has 0 spiro atoms. The molecule has 20 nitrogen and oxygen atoms in total. The van der Waals surface area contributed by atoms with Crippen molar-refractivity contribution in [3.8, 4) is 51.7 Å². The average molecular weight is 1500 g/mol. The Labute approximate surface area is 650 Å². The Hall–Kier alpha value is -12.6. The van der Waals surface area contributed by atoms with E-state index in [4.69, 9.17) is 23.7 Å². The highest BCUT2D eigenvalue weighted by molar-refractivity contribution is 6.45. The fraction of sp³-hybridized carbons (Fsp3) is 0.283. The standard InChI is InChI=1S/C92H91N7O13/c1-19-73(100)95-55-37-39-93-71(43-55)96-83(102)65(41-49(3)4)98-85(104)61-45-67(108-56-29-21-51(22-30-56)89(7,8)9)77-79-69(110-58-33-25-53(26-34-58)91(13,14)15)47-63-76-64(88(107)99(87(63)106)66(42-50(5)6)84(103)97-72-44-60(38-40-94-72)112-74(101)20-2)48-70(111-59-35-27-54(28-36-59)92(16,17)18)80(82(76)79)78-68(46-62(86(98)105)75(61)81(77)78)109-57-31-23-52(24-32-57)90(10,11)12/h19-40,43-50,65-66H,1-2,41-42H2,3-18H3,(H,94,97,103)(H2,93,95,96,100,102). The van der Waals surface area contributed by atoms with Crippen LogP contribution < -0.4 is 39.6 Å². The molecule has 7 amide bonds. The molecular weight excluding hydrogens is 1410 g/mol. The van der Waals surface area contributed by atoms with Crippen LogP contribution in [0.4, 0.5) is 17.3 Å². The van der Waals surface area contributed by atoms with Crippen molar-refractivity contribution in [1.82, 2.24) is 19.8 Å². The smallest absolute Gasteiger partial charge is 0.335 e. The van der Waals surface area contributed by atoms with Gasteiger partial charge in [-0.2, -0.15) is 0 Å². The number of hydrogen-bond donors (Lipinski definition) is 3. The SMILES string of the molecule is C=CC(=O)Nc1ccnc(NC(=O)C(CC(C)C)N2C(=O)c3cc(Oc4ccc(C(C)(C)C)cc4)c4c5c(Oc6ccc(C(C)(C)C)cc6)cc6c7c(cc(Oc8ccc(C(C)(C)C)cc8)c(c8c(Oc9ccc(C(C)(C)C)cc9)cc(c3c48)C2=O)c75)C(=O)N(C(CC(C)C)C(=O)Nc2cc(OC(=O)C=C)ccn2)C6=O)c1. The first-order chi connectivity index (χ1) is 52.9. The molecule has 9 aromatic carbocycles. The van der Waals surface area contributed by atoms with Crippen LogP contribution in [0.2, 0.25) is 0 Å². The lowest BCUT2D eigenvalue weighted by Crippen LogP contribution is -2.52. The number of esters is 1. The van der Waals surface area contributed by atoms with Gasteiger partial charge in [-0.1, -0.05) is 172 Å². The summed E-state index contributed by atoms with van der Waals surface area (Å²) in [6.07, 6.45) is 4.76. The van der Waals surface area contributed by atoms with Gasteiger partial charge in [-0.25, -0.2) is 14.8 Å². The van der Waals surface area contributed by atoms with Gasteiger partial charge in [0.2, 0.25) is 17.7 Å². The molecule has 2 atom stereocenters. The third-order valence-electron chi connectivity index (χ3n) is 20.2. The molecule has 0 saturated heterocycles. The summed E-state index contributed by atoms with van der Waals surface area (Å²) in [5, 5.41) is 10.1. The number of imide groups is 2. The molecule has 0 saturated carbocycles. The summed E-state index contributed by atoms with van der Waals surface area (Å²) >= 11 is 0. The Balaban J connectivity index is 1.17. The van der Waals surface area contributed by atoms with Crippen molar-refractivity contribution in [3.63, 3.8) is 0 Å². The summed E-state index contributed by atoms with van der Waals surface area (Å²) in [6, 6.07) is 39.1. The number of pyridine rings is 2. The summed E-state index contributed by atoms with van der Waals surface area (Å²) in [4.78, 5) is 133. The van der Waals surface area contributed by atoms with Gasteiger partial charge in [-0.05, 0) is 160 Å². The number of carbonyl (C=O) groups excluding carboxylic acids is 8. The van der Waals surface area contributed by atoms with Gasteiger partial charge >= 0.3 is 5.97 Å². The number of anilines is 3. The second-order valence-electron chi connectivity index (χ2n) is 33.5. The quantitative estimate of drug-likeness (QED) is 0.0188. The van der Waals surface area contributed by atoms with Crippen LogP contribution in [0.5, 0.6) is 51.7 Å². The minimum Gasteiger partial charge on any atom is -0.457 e. The molecule has 2 aromatic heterocycles. The first kappa shape index (κ1) is 77.6. The molecule has 2 aliphatic heterocycles. The second-order valence-corrected chi connectivity index (χ2v) is 33.5. The molecule has 11 aromatic rings. The Morgan fingerprint density at radius 2 is 0.688 bits per heavy atom. The number of fused-ring (bicyclic) bond motifs is 2. The predicted molar refractivity (Wildman–Crippen MR) is 436 cm³/mol. The summed E-state index contributed by atoms with van der Waals surface area (Å²) in [5.74, 6) is -5.37. The van der Waals surface area contributed by atoms with E-state index in [9.17, 15) is 9.59 Å². The molecule has 112 heavy (non-hydrogen) atoms. The number of hydrogen-bond acceptors (Lipinski definition) is 15. The zero-order chi connectivity index (χ0) is 80.5. The van der Waals surface area contributed by atoms with Crippen molar-refractivity contribution in [2.75, 3.05) is 16.0 Å². The second kappa shape index (κ2) is 29.7. The van der Waals surface area contributed by atoms with Crippen LogP contribution in [-0.2, 0) is 40.8 Å². The molecule has 0 bridgehead atoms. The van der Waals surface area contributed by atoms with E-state index in [2.05, 4.69) is 122 Å². The number of nitrogens with zero attached hydrogens (tertiary/aromatic N) is 4. The fourth-order valence-corrected chi connectivity index (χ4v) is 14.5. The van der Waals surface area contributed by atoms with Crippen molar-refractivity contribution in [3.05, 3.63) is 228 Å². The highest BCUT2D eigenvalue weighted by Crippen LogP contribution is 2.59. The zero-order valence-electron chi connectivity index (χ0n) is 65.9. The van der Waals surface area contributed by atoms with Gasteiger partial charge in [-0.3, -0.25) is 43.4 Å². The van der Waals surface area contributed by atoms with E-state index in [1.807, 2.05) is 125 Å². The third-order valence-corrected chi connectivity index (χ3v) is 20.2. The molecule has 0 fully saturated rings. The van der Waals surface area contributed by atoms with Crippen molar-refractivity contribution in [2.24, 2.45) is 11.8 Å². The van der Waals surface area contributed by atoms with E-state index in [1.54, 1.807) is 24.3 Å². The normalized spacial score (nSPS) is 13.8. The Kier molecular flexibility index (Phi) is 20.6. The molecule has 0 aliphatic carbocycles. The van der Waals surface area contributed by atoms with E-state index in [0.29, 0.717) is 28.7 Å². The molecule has 2 unspecified atom stereocenters. The van der Waals surface area contributed by atoms with Crippen molar-refractivity contribution >= 4 is 108 Å². The molecule has 0 radical (unpaired) electrons. The van der Waals surface area contributed by atoms with Gasteiger partial charge in [0.15, 0.2) is 0 Å². The van der Waals surface area contributed by atoms with Crippen LogP contribution in [0.1, 0.15) is 187 Å². The summed E-state index contributed by atoms with van der Waals surface area (Å²) < 4.78 is 34.8. The monoisotopic (exact) mass is 1500 g/mol. The highest BCUT2D eigenvalue weighted by atomic mass is 16.5. The van der Waals surface area contributed by atoms with Crippen LogP contribution in [0.3, 0.4) is 0 Å². The predicted octanol–water partition coefficient (Wildman–Crippen LogP) is 20.4. The first-order valence-corrected chi connectivity index (χ1v) is 37.5. The lowest BCUT2D eigenvalue weighted by atomic mass is 9.80.